The number of nitrogens with one attached hydrogen (secondary N) is 1. The molecule has 1 atom stereocenters. The van der Waals surface area contributed by atoms with Crippen molar-refractivity contribution < 1.29 is 4.39 Å². The fourth-order valence-corrected chi connectivity index (χ4v) is 2.93. The predicted octanol–water partition coefficient (Wildman–Crippen LogP) is 3.02. The highest BCUT2D eigenvalue weighted by molar-refractivity contribution is 9.10. The molecule has 1 aliphatic rings. The lowest BCUT2D eigenvalue weighted by molar-refractivity contribution is 0.339. The van der Waals surface area contributed by atoms with Crippen molar-refractivity contribution in [2.45, 2.75) is 19.9 Å². The van der Waals surface area contributed by atoms with Gasteiger partial charge in [-0.15, -0.1) is 0 Å². The molecule has 2 rings (SSSR count). The van der Waals surface area contributed by atoms with E-state index in [0.717, 1.165) is 35.6 Å². The first-order chi connectivity index (χ1) is 8.69. The largest absolute Gasteiger partial charge is 0.312 e. The lowest BCUT2D eigenvalue weighted by atomic mass is 10.1. The van der Waals surface area contributed by atoms with E-state index in [2.05, 4.69) is 33.1 Å². The zero-order valence-corrected chi connectivity index (χ0v) is 12.3. The molecule has 0 bridgehead atoms. The first-order valence-electron chi connectivity index (χ1n) is 6.56. The molecule has 1 aromatic rings. The van der Waals surface area contributed by atoms with Crippen LogP contribution in [0.2, 0.25) is 0 Å². The van der Waals surface area contributed by atoms with Crippen molar-refractivity contribution in [2.24, 2.45) is 5.92 Å². The Kier molecular flexibility index (Phi) is 5.15. The third-order valence-electron chi connectivity index (χ3n) is 3.58. The van der Waals surface area contributed by atoms with Crippen LogP contribution in [0, 0.1) is 11.7 Å². The van der Waals surface area contributed by atoms with Gasteiger partial charge in [-0.25, -0.2) is 4.39 Å². The van der Waals surface area contributed by atoms with Crippen LogP contribution in [0.15, 0.2) is 22.7 Å². The minimum Gasteiger partial charge on any atom is -0.312 e. The zero-order valence-electron chi connectivity index (χ0n) is 10.8. The fourth-order valence-electron chi connectivity index (χ4n) is 2.44. The van der Waals surface area contributed by atoms with E-state index in [1.807, 2.05) is 6.07 Å². The first kappa shape index (κ1) is 14.0. The Morgan fingerprint density at radius 1 is 1.50 bits per heavy atom. The van der Waals surface area contributed by atoms with Crippen LogP contribution in [0.25, 0.3) is 0 Å². The lowest BCUT2D eigenvalue weighted by Gasteiger charge is -2.14. The first-order valence-corrected chi connectivity index (χ1v) is 7.35. The quantitative estimate of drug-likeness (QED) is 0.898. The summed E-state index contributed by atoms with van der Waals surface area (Å²) < 4.78 is 13.8. The summed E-state index contributed by atoms with van der Waals surface area (Å²) in [6, 6.07) is 4.86. The van der Waals surface area contributed by atoms with Gasteiger partial charge in [0, 0.05) is 17.6 Å². The van der Waals surface area contributed by atoms with Crippen LogP contribution in [0.5, 0.6) is 0 Å². The summed E-state index contributed by atoms with van der Waals surface area (Å²) >= 11 is 3.39. The van der Waals surface area contributed by atoms with E-state index in [0.29, 0.717) is 0 Å². The molecule has 0 saturated carbocycles. The number of likely N-dealkylation sites (tertiary alicyclic amines) is 1. The number of halogens is 2. The minimum atomic E-state index is -0.194. The van der Waals surface area contributed by atoms with Gasteiger partial charge in [0.2, 0.25) is 0 Å². The maximum absolute atomic E-state index is 12.9. The molecule has 1 aliphatic heterocycles. The van der Waals surface area contributed by atoms with Crippen molar-refractivity contribution in [1.29, 1.82) is 0 Å². The molecule has 4 heteroatoms. The van der Waals surface area contributed by atoms with Crippen LogP contribution in [-0.2, 0) is 6.54 Å². The van der Waals surface area contributed by atoms with E-state index < -0.39 is 0 Å². The third-order valence-corrected chi connectivity index (χ3v) is 4.32. The number of benzene rings is 1. The molecule has 0 amide bonds. The van der Waals surface area contributed by atoms with Gasteiger partial charge in [-0.1, -0.05) is 28.9 Å². The summed E-state index contributed by atoms with van der Waals surface area (Å²) in [6.45, 7) is 7.63. The Morgan fingerprint density at radius 3 is 3.00 bits per heavy atom. The molecule has 1 fully saturated rings. The monoisotopic (exact) mass is 314 g/mol. The molecule has 1 unspecified atom stereocenters. The van der Waals surface area contributed by atoms with Crippen LogP contribution in [-0.4, -0.2) is 31.1 Å². The van der Waals surface area contributed by atoms with E-state index in [9.17, 15) is 4.39 Å². The fraction of sp³-hybridized carbons (Fsp3) is 0.571. The molecule has 1 saturated heterocycles. The molecule has 1 N–H and O–H groups in total. The Labute approximate surface area is 117 Å². The van der Waals surface area contributed by atoms with Crippen molar-refractivity contribution in [1.82, 2.24) is 10.2 Å². The second-order valence-electron chi connectivity index (χ2n) is 4.91. The van der Waals surface area contributed by atoms with Crippen molar-refractivity contribution in [2.75, 3.05) is 26.2 Å². The number of hydrogen-bond donors (Lipinski definition) is 1. The smallest absolute Gasteiger partial charge is 0.124 e. The summed E-state index contributed by atoms with van der Waals surface area (Å²) in [5, 5.41) is 3.47. The van der Waals surface area contributed by atoms with E-state index in [1.54, 1.807) is 0 Å². The van der Waals surface area contributed by atoms with Crippen molar-refractivity contribution in [3.63, 3.8) is 0 Å². The number of rotatable bonds is 5. The Hall–Kier alpha value is -0.450. The van der Waals surface area contributed by atoms with E-state index in [-0.39, 0.29) is 5.82 Å². The Morgan fingerprint density at radius 2 is 2.33 bits per heavy atom. The zero-order chi connectivity index (χ0) is 13.0. The van der Waals surface area contributed by atoms with Gasteiger partial charge >= 0.3 is 0 Å². The maximum atomic E-state index is 12.9. The normalized spacial score (nSPS) is 20.5. The highest BCUT2D eigenvalue weighted by Gasteiger charge is 2.20. The summed E-state index contributed by atoms with van der Waals surface area (Å²) in [4.78, 5) is 2.49. The van der Waals surface area contributed by atoms with Gasteiger partial charge in [-0.2, -0.15) is 0 Å². The van der Waals surface area contributed by atoms with Crippen LogP contribution in [0.4, 0.5) is 4.39 Å². The summed E-state index contributed by atoms with van der Waals surface area (Å²) in [5.74, 6) is 0.559. The molecular formula is C14H20BrFN2. The average Bonchev–Trinajstić information content (AvgIpc) is 2.80. The van der Waals surface area contributed by atoms with Crippen molar-refractivity contribution in [3.8, 4) is 0 Å². The summed E-state index contributed by atoms with van der Waals surface area (Å²) in [5.41, 5.74) is 1.11. The van der Waals surface area contributed by atoms with Gasteiger partial charge in [-0.05, 0) is 49.7 Å². The van der Waals surface area contributed by atoms with Crippen molar-refractivity contribution in [3.05, 3.63) is 34.1 Å². The molecule has 1 aromatic carbocycles. The van der Waals surface area contributed by atoms with E-state index in [1.165, 1.54) is 31.6 Å². The predicted molar refractivity (Wildman–Crippen MR) is 76.0 cm³/mol. The molecule has 2 nitrogen and oxygen atoms in total. The summed E-state index contributed by atoms with van der Waals surface area (Å²) in [7, 11) is 0. The van der Waals surface area contributed by atoms with Gasteiger partial charge in [0.1, 0.15) is 5.82 Å². The SMILES string of the molecule is CCN1CCC(CNCc2ccc(F)cc2Br)C1. The highest BCUT2D eigenvalue weighted by Crippen LogP contribution is 2.18. The van der Waals surface area contributed by atoms with Gasteiger partial charge in [0.25, 0.3) is 0 Å². The van der Waals surface area contributed by atoms with E-state index >= 15 is 0 Å². The van der Waals surface area contributed by atoms with Gasteiger partial charge in [-0.3, -0.25) is 0 Å². The molecule has 0 aliphatic carbocycles. The van der Waals surface area contributed by atoms with Crippen LogP contribution < -0.4 is 5.32 Å². The van der Waals surface area contributed by atoms with Crippen molar-refractivity contribution >= 4 is 15.9 Å². The Bertz CT molecular complexity index is 397. The molecule has 0 aromatic heterocycles. The van der Waals surface area contributed by atoms with Gasteiger partial charge < -0.3 is 10.2 Å². The topological polar surface area (TPSA) is 15.3 Å². The molecule has 0 spiro atoms. The number of hydrogen-bond acceptors (Lipinski definition) is 2. The second-order valence-corrected chi connectivity index (χ2v) is 5.77. The van der Waals surface area contributed by atoms with Crippen LogP contribution >= 0.6 is 15.9 Å². The molecule has 100 valence electrons. The number of nitrogens with zero attached hydrogens (tertiary/aromatic N) is 1. The van der Waals surface area contributed by atoms with E-state index in [4.69, 9.17) is 0 Å². The average molecular weight is 315 g/mol. The molecule has 18 heavy (non-hydrogen) atoms. The molecule has 1 heterocycles. The molecular weight excluding hydrogens is 295 g/mol. The third kappa shape index (κ3) is 3.77. The van der Waals surface area contributed by atoms with Gasteiger partial charge in [0.15, 0.2) is 0 Å². The second kappa shape index (κ2) is 6.64. The lowest BCUT2D eigenvalue weighted by Crippen LogP contribution is -2.26. The summed E-state index contributed by atoms with van der Waals surface area (Å²) in [6.07, 6.45) is 1.28. The minimum absolute atomic E-state index is 0.194. The maximum Gasteiger partial charge on any atom is 0.124 e. The Balaban J connectivity index is 1.75. The highest BCUT2D eigenvalue weighted by atomic mass is 79.9. The molecule has 0 radical (unpaired) electrons. The van der Waals surface area contributed by atoms with Crippen LogP contribution in [0.3, 0.4) is 0 Å². The van der Waals surface area contributed by atoms with Crippen LogP contribution in [0.1, 0.15) is 18.9 Å². The standard InChI is InChI=1S/C14H20BrFN2/c1-2-18-6-5-11(10-18)8-17-9-12-3-4-13(16)7-14(12)15/h3-4,7,11,17H,2,5-6,8-10H2,1H3. The van der Waals surface area contributed by atoms with Gasteiger partial charge in [0.05, 0.1) is 0 Å².